The van der Waals surface area contributed by atoms with Crippen LogP contribution in [0.3, 0.4) is 0 Å². The number of esters is 1. The van der Waals surface area contributed by atoms with E-state index in [1.807, 2.05) is 30.3 Å². The molecule has 0 radical (unpaired) electrons. The van der Waals surface area contributed by atoms with Crippen LogP contribution in [0, 0.1) is 0 Å². The molecule has 0 aliphatic carbocycles. The summed E-state index contributed by atoms with van der Waals surface area (Å²) in [7, 11) is -3.62. The smallest absolute Gasteiger partial charge is 0.340 e. The van der Waals surface area contributed by atoms with Crippen LogP contribution >= 0.6 is 0 Å². The molecule has 1 amide bonds. The van der Waals surface area contributed by atoms with Crippen LogP contribution in [0.5, 0.6) is 11.5 Å². The van der Waals surface area contributed by atoms with Crippen molar-refractivity contribution in [2.24, 2.45) is 0 Å². The molecule has 0 aliphatic rings. The summed E-state index contributed by atoms with van der Waals surface area (Å²) < 4.78 is 34.6. The third-order valence-corrected chi connectivity index (χ3v) is 5.42. The quantitative estimate of drug-likeness (QED) is 0.557. The van der Waals surface area contributed by atoms with E-state index >= 15 is 0 Å². The number of hydrogen-bond acceptors (Lipinski definition) is 6. The van der Waals surface area contributed by atoms with E-state index in [0.717, 1.165) is 6.26 Å². The fourth-order valence-electron chi connectivity index (χ4n) is 2.71. The van der Waals surface area contributed by atoms with Gasteiger partial charge >= 0.3 is 5.97 Å². The maximum atomic E-state index is 12.4. The van der Waals surface area contributed by atoms with Crippen molar-refractivity contribution in [3.05, 3.63) is 84.4 Å². The van der Waals surface area contributed by atoms with E-state index in [9.17, 15) is 18.0 Å². The van der Waals surface area contributed by atoms with Gasteiger partial charge in [-0.05, 0) is 55.5 Å². The molecule has 0 bridgehead atoms. The fraction of sp³-hybridized carbons (Fsp3) is 0.130. The van der Waals surface area contributed by atoms with Crippen molar-refractivity contribution in [3.8, 4) is 11.5 Å². The van der Waals surface area contributed by atoms with Gasteiger partial charge in [0.05, 0.1) is 10.5 Å². The lowest BCUT2D eigenvalue weighted by molar-refractivity contribution is -0.123. The summed E-state index contributed by atoms with van der Waals surface area (Å²) in [6, 6.07) is 21.7. The second kappa shape index (κ2) is 9.44. The summed E-state index contributed by atoms with van der Waals surface area (Å²) in [5.41, 5.74) is 0.372. The van der Waals surface area contributed by atoms with Crippen LogP contribution in [0.2, 0.25) is 0 Å². The van der Waals surface area contributed by atoms with Crippen LogP contribution in [0.25, 0.3) is 0 Å². The second-order valence-electron chi connectivity index (χ2n) is 6.74. The molecule has 1 atom stereocenters. The number of carbonyl (C=O) groups excluding carboxylic acids is 2. The van der Waals surface area contributed by atoms with Gasteiger partial charge in [-0.15, -0.1) is 0 Å². The van der Waals surface area contributed by atoms with E-state index in [1.165, 1.54) is 31.2 Å². The van der Waals surface area contributed by atoms with Crippen molar-refractivity contribution in [1.82, 2.24) is 0 Å². The number of rotatable bonds is 7. The highest BCUT2D eigenvalue weighted by atomic mass is 32.2. The Labute approximate surface area is 180 Å². The molecule has 0 saturated heterocycles. The van der Waals surface area contributed by atoms with Crippen molar-refractivity contribution in [3.63, 3.8) is 0 Å². The average Bonchev–Trinajstić information content (AvgIpc) is 2.75. The van der Waals surface area contributed by atoms with Gasteiger partial charge in [0.15, 0.2) is 15.9 Å². The second-order valence-corrected chi connectivity index (χ2v) is 8.73. The highest BCUT2D eigenvalue weighted by Crippen LogP contribution is 2.23. The standard InChI is InChI=1S/C23H21NO6S/c1-16(29-23(26)20-10-6-7-11-21(20)31(2,27)28)22(25)24-17-12-14-19(15-13-17)30-18-8-4-3-5-9-18/h3-16H,1-2H3,(H,24,25). The van der Waals surface area contributed by atoms with Gasteiger partial charge in [0.1, 0.15) is 11.5 Å². The van der Waals surface area contributed by atoms with Crippen molar-refractivity contribution in [1.29, 1.82) is 0 Å². The molecule has 0 aromatic heterocycles. The van der Waals surface area contributed by atoms with Gasteiger partial charge in [0.25, 0.3) is 5.91 Å². The first-order valence-electron chi connectivity index (χ1n) is 9.38. The molecule has 1 unspecified atom stereocenters. The Kier molecular flexibility index (Phi) is 6.71. The summed E-state index contributed by atoms with van der Waals surface area (Å²) in [5, 5.41) is 2.64. The molecular weight excluding hydrogens is 418 g/mol. The van der Waals surface area contributed by atoms with Crippen LogP contribution in [0.1, 0.15) is 17.3 Å². The van der Waals surface area contributed by atoms with E-state index in [2.05, 4.69) is 5.32 Å². The molecule has 3 rings (SSSR count). The predicted molar refractivity (Wildman–Crippen MR) is 116 cm³/mol. The van der Waals surface area contributed by atoms with E-state index in [1.54, 1.807) is 24.3 Å². The zero-order valence-corrected chi connectivity index (χ0v) is 17.8. The van der Waals surface area contributed by atoms with Crippen LogP contribution in [-0.2, 0) is 19.4 Å². The minimum atomic E-state index is -3.62. The van der Waals surface area contributed by atoms with E-state index < -0.39 is 27.8 Å². The molecule has 0 spiro atoms. The zero-order valence-electron chi connectivity index (χ0n) is 16.9. The van der Waals surface area contributed by atoms with Crippen LogP contribution < -0.4 is 10.1 Å². The lowest BCUT2D eigenvalue weighted by Crippen LogP contribution is -2.30. The highest BCUT2D eigenvalue weighted by Gasteiger charge is 2.23. The number of amides is 1. The molecule has 0 heterocycles. The van der Waals surface area contributed by atoms with Gasteiger partial charge in [-0.3, -0.25) is 4.79 Å². The third-order valence-electron chi connectivity index (χ3n) is 4.26. The molecular formula is C23H21NO6S. The first-order chi connectivity index (χ1) is 14.7. The van der Waals surface area contributed by atoms with Crippen LogP contribution in [0.15, 0.2) is 83.8 Å². The Hall–Kier alpha value is -3.65. The van der Waals surface area contributed by atoms with Gasteiger partial charge < -0.3 is 14.8 Å². The van der Waals surface area contributed by atoms with E-state index in [-0.39, 0.29) is 10.5 Å². The third kappa shape index (κ3) is 5.93. The van der Waals surface area contributed by atoms with Gasteiger partial charge in [0, 0.05) is 11.9 Å². The Morgan fingerprint density at radius 1 is 0.839 bits per heavy atom. The molecule has 1 N–H and O–H groups in total. The summed E-state index contributed by atoms with van der Waals surface area (Å²) >= 11 is 0. The largest absolute Gasteiger partial charge is 0.457 e. The number of anilines is 1. The number of benzene rings is 3. The molecule has 3 aromatic rings. The normalized spacial score (nSPS) is 11.9. The van der Waals surface area contributed by atoms with Gasteiger partial charge in [-0.1, -0.05) is 30.3 Å². The Morgan fingerprint density at radius 3 is 2.06 bits per heavy atom. The number of para-hydroxylation sites is 1. The number of hydrogen-bond donors (Lipinski definition) is 1. The number of nitrogens with one attached hydrogen (secondary N) is 1. The average molecular weight is 439 g/mol. The lowest BCUT2D eigenvalue weighted by atomic mass is 10.2. The monoisotopic (exact) mass is 439 g/mol. The molecule has 160 valence electrons. The predicted octanol–water partition coefficient (Wildman–Crippen LogP) is 4.07. The van der Waals surface area contributed by atoms with Crippen LogP contribution in [-0.4, -0.2) is 32.7 Å². The number of sulfone groups is 1. The molecule has 3 aromatic carbocycles. The minimum Gasteiger partial charge on any atom is -0.457 e. The molecule has 0 aliphatic heterocycles. The molecule has 8 heteroatoms. The lowest BCUT2D eigenvalue weighted by Gasteiger charge is -2.15. The SMILES string of the molecule is CC(OC(=O)c1ccccc1S(C)(=O)=O)C(=O)Nc1ccc(Oc2ccccc2)cc1. The van der Waals surface area contributed by atoms with Crippen LogP contribution in [0.4, 0.5) is 5.69 Å². The van der Waals surface area contributed by atoms with Gasteiger partial charge in [-0.2, -0.15) is 0 Å². The van der Waals surface area contributed by atoms with Gasteiger partial charge in [-0.25, -0.2) is 13.2 Å². The van der Waals surface area contributed by atoms with Gasteiger partial charge in [0.2, 0.25) is 0 Å². The Balaban J connectivity index is 1.61. The Morgan fingerprint density at radius 2 is 1.42 bits per heavy atom. The van der Waals surface area contributed by atoms with Crippen molar-refractivity contribution in [2.75, 3.05) is 11.6 Å². The number of ether oxygens (including phenoxy) is 2. The van der Waals surface area contributed by atoms with Crippen molar-refractivity contribution >= 4 is 27.4 Å². The summed E-state index contributed by atoms with van der Waals surface area (Å²) in [6.45, 7) is 1.41. The first kappa shape index (κ1) is 22.0. The topological polar surface area (TPSA) is 98.8 Å². The van der Waals surface area contributed by atoms with Crippen molar-refractivity contribution in [2.45, 2.75) is 17.9 Å². The van der Waals surface area contributed by atoms with E-state index in [4.69, 9.17) is 9.47 Å². The molecule has 7 nitrogen and oxygen atoms in total. The summed E-state index contributed by atoms with van der Waals surface area (Å²) in [5.74, 6) is -0.160. The minimum absolute atomic E-state index is 0.118. The maximum absolute atomic E-state index is 12.4. The number of carbonyl (C=O) groups is 2. The van der Waals surface area contributed by atoms with E-state index in [0.29, 0.717) is 17.2 Å². The highest BCUT2D eigenvalue weighted by molar-refractivity contribution is 7.90. The maximum Gasteiger partial charge on any atom is 0.340 e. The summed E-state index contributed by atoms with van der Waals surface area (Å²) in [6.07, 6.45) is -0.138. The molecule has 0 fully saturated rings. The first-order valence-corrected chi connectivity index (χ1v) is 11.3. The molecule has 0 saturated carbocycles. The molecule has 31 heavy (non-hydrogen) atoms. The van der Waals surface area contributed by atoms with Crippen molar-refractivity contribution < 1.29 is 27.5 Å². The summed E-state index contributed by atoms with van der Waals surface area (Å²) in [4.78, 5) is 24.7. The Bertz CT molecular complexity index is 1170. The fourth-order valence-corrected chi connectivity index (χ4v) is 3.59. The zero-order chi connectivity index (χ0) is 22.4.